The molecule has 3 aromatic carbocycles. The number of fused-ring (bicyclic) bond motifs is 1. The Morgan fingerprint density at radius 1 is 0.935 bits per heavy atom. The second-order valence-corrected chi connectivity index (χ2v) is 7.79. The van der Waals surface area contributed by atoms with Gasteiger partial charge in [-0.3, -0.25) is 0 Å². The standard InChI is InChI=1S/C25H24ClN3O2/c1-17-8-10-18(11-9-17)16-31-20-13-12-19(23(14-20)30-3)15-29(2)25-24(26)27-21-6-4-5-7-22(21)28-25/h4-14H,15-16H2,1-3H3. The molecule has 0 N–H and O–H groups in total. The molecule has 4 rings (SSSR count). The molecule has 0 atom stereocenters. The molecule has 1 heterocycles. The molecule has 4 aromatic rings. The molecule has 0 bridgehead atoms. The molecule has 0 aliphatic carbocycles. The highest BCUT2D eigenvalue weighted by molar-refractivity contribution is 6.32. The molecule has 0 radical (unpaired) electrons. The van der Waals surface area contributed by atoms with E-state index >= 15 is 0 Å². The molecule has 0 spiro atoms. The van der Waals surface area contributed by atoms with Crippen molar-refractivity contribution in [2.24, 2.45) is 0 Å². The summed E-state index contributed by atoms with van der Waals surface area (Å²) in [7, 11) is 3.59. The maximum Gasteiger partial charge on any atom is 0.172 e. The molecule has 6 heteroatoms. The number of benzene rings is 3. The largest absolute Gasteiger partial charge is 0.496 e. The predicted molar refractivity (Wildman–Crippen MR) is 125 cm³/mol. The number of halogens is 1. The van der Waals surface area contributed by atoms with Crippen LogP contribution in [0, 0.1) is 6.92 Å². The van der Waals surface area contributed by atoms with Gasteiger partial charge in [0.25, 0.3) is 0 Å². The van der Waals surface area contributed by atoms with Crippen molar-refractivity contribution in [3.05, 3.63) is 88.6 Å². The van der Waals surface area contributed by atoms with Gasteiger partial charge in [0.2, 0.25) is 0 Å². The van der Waals surface area contributed by atoms with Crippen molar-refractivity contribution in [1.82, 2.24) is 9.97 Å². The molecule has 0 fully saturated rings. The first-order chi connectivity index (χ1) is 15.0. The molecule has 0 aliphatic heterocycles. The average molecular weight is 434 g/mol. The molecule has 0 saturated heterocycles. The first kappa shape index (κ1) is 20.9. The summed E-state index contributed by atoms with van der Waals surface area (Å²) in [5.41, 5.74) is 4.93. The van der Waals surface area contributed by atoms with Gasteiger partial charge in [-0.25, -0.2) is 9.97 Å². The smallest absolute Gasteiger partial charge is 0.172 e. The fourth-order valence-corrected chi connectivity index (χ4v) is 3.62. The molecule has 0 aliphatic rings. The average Bonchev–Trinajstić information content (AvgIpc) is 2.78. The third kappa shape index (κ3) is 4.89. The lowest BCUT2D eigenvalue weighted by atomic mass is 10.1. The number of ether oxygens (including phenoxy) is 2. The maximum absolute atomic E-state index is 6.41. The van der Waals surface area contributed by atoms with Crippen molar-refractivity contribution in [2.45, 2.75) is 20.1 Å². The Balaban J connectivity index is 1.50. The van der Waals surface area contributed by atoms with E-state index in [0.717, 1.165) is 33.7 Å². The number of hydrogen-bond donors (Lipinski definition) is 0. The lowest BCUT2D eigenvalue weighted by Gasteiger charge is -2.21. The van der Waals surface area contributed by atoms with E-state index in [4.69, 9.17) is 21.1 Å². The van der Waals surface area contributed by atoms with Crippen LogP contribution in [0.2, 0.25) is 5.15 Å². The normalized spacial score (nSPS) is 10.8. The first-order valence-electron chi connectivity index (χ1n) is 10.0. The second-order valence-electron chi connectivity index (χ2n) is 7.43. The van der Waals surface area contributed by atoms with E-state index in [1.54, 1.807) is 7.11 Å². The van der Waals surface area contributed by atoms with Gasteiger partial charge >= 0.3 is 0 Å². The van der Waals surface area contributed by atoms with Crippen molar-refractivity contribution < 1.29 is 9.47 Å². The van der Waals surface area contributed by atoms with Crippen LogP contribution >= 0.6 is 11.6 Å². The Bertz CT molecular complexity index is 1200. The van der Waals surface area contributed by atoms with Gasteiger partial charge in [-0.2, -0.15) is 0 Å². The summed E-state index contributed by atoms with van der Waals surface area (Å²) >= 11 is 6.41. The van der Waals surface area contributed by atoms with E-state index in [0.29, 0.717) is 24.1 Å². The Labute approximate surface area is 187 Å². The zero-order valence-corrected chi connectivity index (χ0v) is 18.6. The van der Waals surface area contributed by atoms with Gasteiger partial charge in [0.1, 0.15) is 18.1 Å². The van der Waals surface area contributed by atoms with E-state index in [9.17, 15) is 0 Å². The van der Waals surface area contributed by atoms with Crippen LogP contribution in [0.25, 0.3) is 11.0 Å². The summed E-state index contributed by atoms with van der Waals surface area (Å²) in [6.07, 6.45) is 0. The molecule has 31 heavy (non-hydrogen) atoms. The monoisotopic (exact) mass is 433 g/mol. The van der Waals surface area contributed by atoms with Gasteiger partial charge in [0.15, 0.2) is 11.0 Å². The Morgan fingerprint density at radius 2 is 1.65 bits per heavy atom. The van der Waals surface area contributed by atoms with Crippen LogP contribution in [-0.4, -0.2) is 24.1 Å². The SMILES string of the molecule is COc1cc(OCc2ccc(C)cc2)ccc1CN(C)c1nc2ccccc2nc1Cl. The van der Waals surface area contributed by atoms with Gasteiger partial charge in [-0.1, -0.05) is 53.6 Å². The van der Waals surface area contributed by atoms with Gasteiger partial charge in [0.05, 0.1) is 18.1 Å². The lowest BCUT2D eigenvalue weighted by Crippen LogP contribution is -2.19. The highest BCUT2D eigenvalue weighted by atomic mass is 35.5. The number of nitrogens with zero attached hydrogens (tertiary/aromatic N) is 3. The third-order valence-electron chi connectivity index (χ3n) is 5.06. The van der Waals surface area contributed by atoms with Crippen molar-refractivity contribution in [2.75, 3.05) is 19.1 Å². The van der Waals surface area contributed by atoms with Gasteiger partial charge in [-0.15, -0.1) is 0 Å². The fraction of sp³-hybridized carbons (Fsp3) is 0.200. The molecule has 1 aromatic heterocycles. The van der Waals surface area contributed by atoms with Crippen LogP contribution < -0.4 is 14.4 Å². The van der Waals surface area contributed by atoms with Crippen molar-refractivity contribution >= 4 is 28.5 Å². The predicted octanol–water partition coefficient (Wildman–Crippen LogP) is 5.82. The summed E-state index contributed by atoms with van der Waals surface area (Å²) < 4.78 is 11.6. The Kier molecular flexibility index (Phi) is 6.23. The zero-order valence-electron chi connectivity index (χ0n) is 17.8. The van der Waals surface area contributed by atoms with Crippen LogP contribution in [0.3, 0.4) is 0 Å². The van der Waals surface area contributed by atoms with Crippen molar-refractivity contribution in [3.63, 3.8) is 0 Å². The zero-order chi connectivity index (χ0) is 21.8. The third-order valence-corrected chi connectivity index (χ3v) is 5.32. The number of hydrogen-bond acceptors (Lipinski definition) is 5. The number of aromatic nitrogens is 2. The minimum Gasteiger partial charge on any atom is -0.496 e. The highest BCUT2D eigenvalue weighted by Gasteiger charge is 2.14. The van der Waals surface area contributed by atoms with E-state index < -0.39 is 0 Å². The summed E-state index contributed by atoms with van der Waals surface area (Å²) in [6.45, 7) is 3.14. The van der Waals surface area contributed by atoms with E-state index in [-0.39, 0.29) is 0 Å². The van der Waals surface area contributed by atoms with Crippen LogP contribution in [-0.2, 0) is 13.2 Å². The molecule has 5 nitrogen and oxygen atoms in total. The number of anilines is 1. The van der Waals surface area contributed by atoms with Crippen molar-refractivity contribution in [3.8, 4) is 11.5 Å². The number of rotatable bonds is 7. The maximum atomic E-state index is 6.41. The highest BCUT2D eigenvalue weighted by Crippen LogP contribution is 2.29. The van der Waals surface area contributed by atoms with Crippen LogP contribution in [0.1, 0.15) is 16.7 Å². The van der Waals surface area contributed by atoms with Crippen molar-refractivity contribution in [1.29, 1.82) is 0 Å². The summed E-state index contributed by atoms with van der Waals surface area (Å²) in [5.74, 6) is 2.13. The first-order valence-corrected chi connectivity index (χ1v) is 10.4. The molecule has 158 valence electrons. The van der Waals surface area contributed by atoms with Crippen LogP contribution in [0.4, 0.5) is 5.82 Å². The quantitative estimate of drug-likeness (QED) is 0.367. The van der Waals surface area contributed by atoms with E-state index in [1.807, 2.05) is 54.4 Å². The molecular formula is C25H24ClN3O2. The number of methoxy groups -OCH3 is 1. The second kappa shape index (κ2) is 9.23. The topological polar surface area (TPSA) is 47.5 Å². The molecule has 0 saturated carbocycles. The van der Waals surface area contributed by atoms with Gasteiger partial charge in [0, 0.05) is 25.2 Å². The lowest BCUT2D eigenvalue weighted by molar-refractivity contribution is 0.303. The minimum atomic E-state index is 0.373. The molecule has 0 unspecified atom stereocenters. The minimum absolute atomic E-state index is 0.373. The van der Waals surface area contributed by atoms with Crippen LogP contribution in [0.5, 0.6) is 11.5 Å². The van der Waals surface area contributed by atoms with E-state index in [1.165, 1.54) is 5.56 Å². The van der Waals surface area contributed by atoms with Gasteiger partial charge in [-0.05, 0) is 36.8 Å². The number of para-hydroxylation sites is 2. The number of aryl methyl sites for hydroxylation is 1. The molecular weight excluding hydrogens is 410 g/mol. The fourth-order valence-electron chi connectivity index (χ4n) is 3.34. The van der Waals surface area contributed by atoms with E-state index in [2.05, 4.69) is 41.2 Å². The summed E-state index contributed by atoms with van der Waals surface area (Å²) in [4.78, 5) is 11.1. The van der Waals surface area contributed by atoms with Crippen LogP contribution in [0.15, 0.2) is 66.7 Å². The Morgan fingerprint density at radius 3 is 2.35 bits per heavy atom. The van der Waals surface area contributed by atoms with Gasteiger partial charge < -0.3 is 14.4 Å². The summed E-state index contributed by atoms with van der Waals surface area (Å²) in [6, 6.07) is 21.9. The molecule has 0 amide bonds. The summed E-state index contributed by atoms with van der Waals surface area (Å²) in [5, 5.41) is 0.373. The Hall–Kier alpha value is -3.31.